The van der Waals surface area contributed by atoms with Gasteiger partial charge in [0.05, 0.1) is 17.8 Å². The molecule has 0 N–H and O–H groups in total. The van der Waals surface area contributed by atoms with Gasteiger partial charge in [0, 0.05) is 0 Å². The normalized spacial score (nSPS) is 28.4. The fourth-order valence-corrected chi connectivity index (χ4v) is 13.6. The molecule has 0 radical (unpaired) electrons. The molecule has 3 fully saturated rings. The van der Waals surface area contributed by atoms with E-state index in [4.69, 9.17) is 13.3 Å². The van der Waals surface area contributed by atoms with Gasteiger partial charge in [0.1, 0.15) is 0 Å². The molecule has 0 saturated heterocycles. The van der Waals surface area contributed by atoms with Crippen molar-refractivity contribution in [2.24, 2.45) is 23.2 Å². The molecule has 0 heterocycles. The number of allylic oxidation sites excluding steroid dienone is 4. The van der Waals surface area contributed by atoms with Gasteiger partial charge in [-0.1, -0.05) is 115 Å². The molecular formula is C46H80O3Si3. The molecule has 3 aliphatic carbocycles. The second-order valence-corrected chi connectivity index (χ2v) is 35.8. The zero-order valence-corrected chi connectivity index (χ0v) is 39.9. The van der Waals surface area contributed by atoms with Crippen LogP contribution < -0.4 is 0 Å². The third kappa shape index (κ3) is 10.6. The van der Waals surface area contributed by atoms with E-state index in [0.717, 1.165) is 19.3 Å². The van der Waals surface area contributed by atoms with Crippen molar-refractivity contribution in [2.75, 3.05) is 0 Å². The Morgan fingerprint density at radius 3 is 1.81 bits per heavy atom. The van der Waals surface area contributed by atoms with Gasteiger partial charge in [-0.3, -0.25) is 0 Å². The predicted molar refractivity (Wildman–Crippen MR) is 234 cm³/mol. The Kier molecular flexibility index (Phi) is 13.3. The van der Waals surface area contributed by atoms with Crippen LogP contribution in [0.15, 0.2) is 53.6 Å². The Balaban J connectivity index is 1.50. The lowest BCUT2D eigenvalue weighted by atomic mass is 9.61. The monoisotopic (exact) mass is 765 g/mol. The average molecular weight is 765 g/mol. The van der Waals surface area contributed by atoms with Crippen molar-refractivity contribution in [2.45, 2.75) is 194 Å². The molecule has 3 saturated carbocycles. The Bertz CT molecular complexity index is 1410. The van der Waals surface area contributed by atoms with E-state index in [9.17, 15) is 0 Å². The zero-order chi connectivity index (χ0) is 39.1. The van der Waals surface area contributed by atoms with Crippen molar-refractivity contribution < 1.29 is 13.3 Å². The highest BCUT2D eigenvalue weighted by Crippen LogP contribution is 2.59. The molecule has 0 spiro atoms. The molecule has 3 nitrogen and oxygen atoms in total. The molecule has 3 aliphatic rings. The lowest BCUT2D eigenvalue weighted by Crippen LogP contribution is -2.48. The van der Waals surface area contributed by atoms with E-state index in [1.165, 1.54) is 48.8 Å². The topological polar surface area (TPSA) is 27.7 Å². The fourth-order valence-electron chi connectivity index (χ4n) is 9.22. The van der Waals surface area contributed by atoms with Crippen molar-refractivity contribution in [3.8, 4) is 0 Å². The van der Waals surface area contributed by atoms with Gasteiger partial charge in [0.25, 0.3) is 0 Å². The smallest absolute Gasteiger partial charge is 0.192 e. The number of rotatable bonds is 11. The van der Waals surface area contributed by atoms with Crippen LogP contribution in [0.4, 0.5) is 0 Å². The van der Waals surface area contributed by atoms with Crippen LogP contribution in [0.25, 0.3) is 6.08 Å². The average Bonchev–Trinajstić information content (AvgIpc) is 3.33. The quantitative estimate of drug-likeness (QED) is 0.210. The van der Waals surface area contributed by atoms with Crippen LogP contribution in [0.1, 0.15) is 132 Å². The number of hydrogen-bond donors (Lipinski definition) is 0. The SMILES string of the molecule is C[C@H](/C=C/c1ccc(C(C)(C)O[Si](C)(C)C)cc1)[C@H]1CC[C@H]2/C(=C/C=C3C[C@@H](O[Si](C)(C)C(C)(C)C)C[C@H](O[Si](C)(C)C(C)(C)C)C3)CCC[C@]12C. The summed E-state index contributed by atoms with van der Waals surface area (Å²) in [6.07, 6.45) is 20.1. The molecule has 0 bridgehead atoms. The first-order valence-corrected chi connectivity index (χ1v) is 30.1. The summed E-state index contributed by atoms with van der Waals surface area (Å²) in [5, 5.41) is 0.405. The summed E-state index contributed by atoms with van der Waals surface area (Å²) in [4.78, 5) is 0. The van der Waals surface area contributed by atoms with Crippen LogP contribution in [0.2, 0.25) is 55.9 Å². The molecule has 6 heteroatoms. The van der Waals surface area contributed by atoms with Crippen molar-refractivity contribution in [1.29, 1.82) is 0 Å². The maximum Gasteiger partial charge on any atom is 0.192 e. The standard InChI is InChI=1S/C46H80O3Si3/c1-34(20-21-35-23-26-38(27-24-35)45(8,9)49-50(11,12)13)41-28-29-42-37(19-18-30-46(41,42)10)25-22-36-31-39(47-51(14,15)43(2,3)4)33-40(32-36)48-52(16,17)44(5,6)7/h20-27,34,39-42H,18-19,28-33H2,1-17H3/b21-20+,37-25+/t34-,39-,40-,41-,42+,46-/m1/s1. The first kappa shape index (κ1) is 43.7. The van der Waals surface area contributed by atoms with Crippen LogP contribution in [0.3, 0.4) is 0 Å². The third-order valence-electron chi connectivity index (χ3n) is 14.0. The lowest BCUT2D eigenvalue weighted by molar-refractivity contribution is 0.0725. The molecule has 0 aromatic heterocycles. The van der Waals surface area contributed by atoms with Gasteiger partial charge in [-0.15, -0.1) is 0 Å². The Morgan fingerprint density at radius 1 is 0.769 bits per heavy atom. The minimum absolute atomic E-state index is 0.203. The second kappa shape index (κ2) is 15.8. The highest BCUT2D eigenvalue weighted by Gasteiger charge is 2.50. The van der Waals surface area contributed by atoms with Crippen molar-refractivity contribution in [3.05, 3.63) is 64.8 Å². The van der Waals surface area contributed by atoms with Crippen LogP contribution in [-0.4, -0.2) is 37.2 Å². The number of fused-ring (bicyclic) bond motifs is 1. The molecule has 1 aromatic carbocycles. The first-order valence-electron chi connectivity index (χ1n) is 20.9. The van der Waals surface area contributed by atoms with Gasteiger partial charge in [-0.2, -0.15) is 0 Å². The van der Waals surface area contributed by atoms with Gasteiger partial charge in [-0.05, 0) is 155 Å². The Labute approximate surface area is 325 Å². The molecule has 294 valence electrons. The first-order chi connectivity index (χ1) is 23.6. The van der Waals surface area contributed by atoms with Gasteiger partial charge in [0.2, 0.25) is 0 Å². The highest BCUT2D eigenvalue weighted by molar-refractivity contribution is 6.74. The zero-order valence-electron chi connectivity index (χ0n) is 36.9. The summed E-state index contributed by atoms with van der Waals surface area (Å²) < 4.78 is 20.7. The van der Waals surface area contributed by atoms with Crippen LogP contribution >= 0.6 is 0 Å². The van der Waals surface area contributed by atoms with Gasteiger partial charge >= 0.3 is 0 Å². The molecule has 0 amide bonds. The highest BCUT2D eigenvalue weighted by atomic mass is 28.4. The Hall–Kier alpha value is -1.03. The van der Waals surface area contributed by atoms with E-state index in [1.54, 1.807) is 5.57 Å². The van der Waals surface area contributed by atoms with E-state index >= 15 is 0 Å². The van der Waals surface area contributed by atoms with E-state index in [0.29, 0.717) is 23.2 Å². The lowest BCUT2D eigenvalue weighted by Gasteiger charge is -2.45. The number of benzene rings is 1. The largest absolute Gasteiger partial charge is 0.414 e. The molecule has 1 aromatic rings. The van der Waals surface area contributed by atoms with E-state index in [2.05, 4.69) is 164 Å². The summed E-state index contributed by atoms with van der Waals surface area (Å²) in [7, 11) is -5.42. The van der Waals surface area contributed by atoms with Crippen LogP contribution in [-0.2, 0) is 18.9 Å². The molecular weight excluding hydrogens is 685 g/mol. The van der Waals surface area contributed by atoms with E-state index in [-0.39, 0.29) is 27.9 Å². The van der Waals surface area contributed by atoms with Crippen molar-refractivity contribution in [1.82, 2.24) is 0 Å². The second-order valence-electron chi connectivity index (χ2n) is 21.9. The maximum absolute atomic E-state index is 7.12. The van der Waals surface area contributed by atoms with Crippen molar-refractivity contribution in [3.63, 3.8) is 0 Å². The summed E-state index contributed by atoms with van der Waals surface area (Å²) in [5.41, 5.74) is 5.89. The third-order valence-corrected chi connectivity index (χ3v) is 24.2. The van der Waals surface area contributed by atoms with Gasteiger partial charge in [0.15, 0.2) is 25.0 Å². The molecule has 0 aliphatic heterocycles. The predicted octanol–water partition coefficient (Wildman–Crippen LogP) is 14.5. The van der Waals surface area contributed by atoms with Crippen LogP contribution in [0.5, 0.6) is 0 Å². The molecule has 6 atom stereocenters. The van der Waals surface area contributed by atoms with Gasteiger partial charge < -0.3 is 13.3 Å². The molecule has 4 rings (SSSR count). The number of hydrogen-bond acceptors (Lipinski definition) is 3. The summed E-state index contributed by atoms with van der Waals surface area (Å²) in [6.45, 7) is 40.1. The molecule has 52 heavy (non-hydrogen) atoms. The Morgan fingerprint density at radius 2 is 1.31 bits per heavy atom. The molecule has 0 unspecified atom stereocenters. The van der Waals surface area contributed by atoms with Crippen molar-refractivity contribution >= 4 is 31.0 Å². The minimum atomic E-state index is -1.89. The van der Waals surface area contributed by atoms with E-state index in [1.807, 2.05) is 0 Å². The summed E-state index contributed by atoms with van der Waals surface area (Å²) in [6, 6.07) is 9.08. The fraction of sp³-hybridized carbons (Fsp3) is 0.739. The van der Waals surface area contributed by atoms with E-state index < -0.39 is 25.0 Å². The summed E-state index contributed by atoms with van der Waals surface area (Å²) in [5.74, 6) is 1.96. The maximum atomic E-state index is 7.12. The minimum Gasteiger partial charge on any atom is -0.414 e. The van der Waals surface area contributed by atoms with Crippen LogP contribution in [0, 0.1) is 23.2 Å². The summed E-state index contributed by atoms with van der Waals surface area (Å²) >= 11 is 0. The van der Waals surface area contributed by atoms with Gasteiger partial charge in [-0.25, -0.2) is 0 Å².